The summed E-state index contributed by atoms with van der Waals surface area (Å²) in [7, 11) is 0. The predicted molar refractivity (Wildman–Crippen MR) is 71.2 cm³/mol. The van der Waals surface area contributed by atoms with Crippen molar-refractivity contribution in [1.29, 1.82) is 0 Å². The molecular formula is C14H27N3. The first kappa shape index (κ1) is 11.9. The molecule has 0 radical (unpaired) electrons. The van der Waals surface area contributed by atoms with E-state index >= 15 is 0 Å². The van der Waals surface area contributed by atoms with Crippen molar-refractivity contribution in [1.82, 2.24) is 15.1 Å². The lowest BCUT2D eigenvalue weighted by atomic mass is 9.89. The van der Waals surface area contributed by atoms with E-state index in [9.17, 15) is 0 Å². The second kappa shape index (κ2) is 4.87. The number of rotatable bonds is 2. The fourth-order valence-corrected chi connectivity index (χ4v) is 3.97. The quantitative estimate of drug-likeness (QED) is 0.777. The van der Waals surface area contributed by atoms with Gasteiger partial charge < -0.3 is 10.2 Å². The molecule has 2 unspecified atom stereocenters. The second-order valence-electron chi connectivity index (χ2n) is 6.66. The van der Waals surface area contributed by atoms with Gasteiger partial charge in [0.25, 0.3) is 0 Å². The first-order valence-corrected chi connectivity index (χ1v) is 7.42. The lowest BCUT2D eigenvalue weighted by Crippen LogP contribution is -2.42. The minimum Gasteiger partial charge on any atom is -0.316 e. The molecule has 3 heteroatoms. The molecule has 0 amide bonds. The fourth-order valence-electron chi connectivity index (χ4n) is 3.97. The molecule has 0 aromatic heterocycles. The van der Waals surface area contributed by atoms with E-state index in [0.29, 0.717) is 5.41 Å². The van der Waals surface area contributed by atoms with Crippen molar-refractivity contribution >= 4 is 0 Å². The molecule has 0 bridgehead atoms. The summed E-state index contributed by atoms with van der Waals surface area (Å²) in [6.45, 7) is 11.6. The molecule has 98 valence electrons. The van der Waals surface area contributed by atoms with Gasteiger partial charge in [-0.1, -0.05) is 6.92 Å². The lowest BCUT2D eigenvalue weighted by molar-refractivity contribution is 0.161. The maximum absolute atomic E-state index is 3.53. The van der Waals surface area contributed by atoms with Crippen LogP contribution in [0.4, 0.5) is 0 Å². The van der Waals surface area contributed by atoms with Gasteiger partial charge in [0.1, 0.15) is 0 Å². The summed E-state index contributed by atoms with van der Waals surface area (Å²) in [6, 6.07) is 0.871. The van der Waals surface area contributed by atoms with E-state index in [0.717, 1.165) is 6.04 Å². The Bertz CT molecular complexity index is 260. The third-order valence-corrected chi connectivity index (χ3v) is 4.95. The fraction of sp³-hybridized carbons (Fsp3) is 1.00. The summed E-state index contributed by atoms with van der Waals surface area (Å²) >= 11 is 0. The van der Waals surface area contributed by atoms with Crippen LogP contribution in [0.3, 0.4) is 0 Å². The van der Waals surface area contributed by atoms with Crippen LogP contribution in [0, 0.1) is 5.41 Å². The first-order chi connectivity index (χ1) is 8.25. The van der Waals surface area contributed by atoms with Crippen LogP contribution < -0.4 is 5.32 Å². The van der Waals surface area contributed by atoms with Crippen molar-refractivity contribution in [3.05, 3.63) is 0 Å². The maximum Gasteiger partial charge on any atom is 0.0223 e. The molecule has 17 heavy (non-hydrogen) atoms. The smallest absolute Gasteiger partial charge is 0.0223 e. The monoisotopic (exact) mass is 237 g/mol. The van der Waals surface area contributed by atoms with E-state index in [-0.39, 0.29) is 0 Å². The highest BCUT2D eigenvalue weighted by molar-refractivity contribution is 4.90. The van der Waals surface area contributed by atoms with E-state index in [1.807, 2.05) is 0 Å². The van der Waals surface area contributed by atoms with Crippen molar-refractivity contribution in [3.8, 4) is 0 Å². The first-order valence-electron chi connectivity index (χ1n) is 7.42. The Labute approximate surface area is 106 Å². The molecule has 3 fully saturated rings. The lowest BCUT2D eigenvalue weighted by Gasteiger charge is -2.32. The van der Waals surface area contributed by atoms with Gasteiger partial charge in [-0.3, -0.25) is 4.90 Å². The molecule has 3 aliphatic rings. The molecule has 3 rings (SSSR count). The highest BCUT2D eigenvalue weighted by Gasteiger charge is 2.34. The Morgan fingerprint density at radius 3 is 2.94 bits per heavy atom. The Kier molecular flexibility index (Phi) is 3.42. The third-order valence-electron chi connectivity index (χ3n) is 4.95. The number of fused-ring (bicyclic) bond motifs is 1. The molecule has 2 atom stereocenters. The van der Waals surface area contributed by atoms with Crippen LogP contribution in [0.1, 0.15) is 32.6 Å². The SMILES string of the molecule is CC1(CN2CCCN3CCCC3C2)CCNC1. The summed E-state index contributed by atoms with van der Waals surface area (Å²) < 4.78 is 0. The molecule has 0 aromatic rings. The van der Waals surface area contributed by atoms with E-state index in [1.54, 1.807) is 0 Å². The van der Waals surface area contributed by atoms with Crippen LogP contribution in [0.15, 0.2) is 0 Å². The van der Waals surface area contributed by atoms with Gasteiger partial charge in [0.2, 0.25) is 0 Å². The van der Waals surface area contributed by atoms with E-state index < -0.39 is 0 Å². The van der Waals surface area contributed by atoms with Crippen LogP contribution in [0.25, 0.3) is 0 Å². The number of hydrogen-bond acceptors (Lipinski definition) is 3. The van der Waals surface area contributed by atoms with Crippen LogP contribution in [-0.4, -0.2) is 61.7 Å². The standard InChI is InChI=1S/C14H27N3/c1-14(5-6-15-11-14)12-16-7-3-9-17-8-2-4-13(17)10-16/h13,15H,2-12H2,1H3. The highest BCUT2D eigenvalue weighted by Crippen LogP contribution is 2.28. The van der Waals surface area contributed by atoms with Gasteiger partial charge in [0.15, 0.2) is 0 Å². The Morgan fingerprint density at radius 2 is 2.12 bits per heavy atom. The predicted octanol–water partition coefficient (Wildman–Crippen LogP) is 1.16. The van der Waals surface area contributed by atoms with Crippen molar-refractivity contribution in [3.63, 3.8) is 0 Å². The summed E-state index contributed by atoms with van der Waals surface area (Å²) in [5.74, 6) is 0. The van der Waals surface area contributed by atoms with E-state index in [4.69, 9.17) is 0 Å². The van der Waals surface area contributed by atoms with Gasteiger partial charge in [-0.25, -0.2) is 0 Å². The molecule has 3 heterocycles. The Morgan fingerprint density at radius 1 is 1.24 bits per heavy atom. The van der Waals surface area contributed by atoms with Crippen molar-refractivity contribution in [2.45, 2.75) is 38.6 Å². The molecule has 1 N–H and O–H groups in total. The van der Waals surface area contributed by atoms with Crippen molar-refractivity contribution in [2.24, 2.45) is 5.41 Å². The Balaban J connectivity index is 1.59. The molecule has 0 aliphatic carbocycles. The van der Waals surface area contributed by atoms with Gasteiger partial charge in [0, 0.05) is 25.7 Å². The van der Waals surface area contributed by atoms with Gasteiger partial charge in [-0.15, -0.1) is 0 Å². The zero-order valence-electron chi connectivity index (χ0n) is 11.2. The average Bonchev–Trinajstić information content (AvgIpc) is 2.85. The number of nitrogens with one attached hydrogen (secondary N) is 1. The van der Waals surface area contributed by atoms with Crippen LogP contribution in [0.5, 0.6) is 0 Å². The largest absolute Gasteiger partial charge is 0.316 e. The summed E-state index contributed by atoms with van der Waals surface area (Å²) in [5, 5.41) is 3.53. The average molecular weight is 237 g/mol. The zero-order valence-corrected chi connectivity index (χ0v) is 11.2. The molecule has 3 nitrogen and oxygen atoms in total. The minimum atomic E-state index is 0.535. The molecule has 3 aliphatic heterocycles. The third kappa shape index (κ3) is 2.67. The highest BCUT2D eigenvalue weighted by atomic mass is 15.3. The topological polar surface area (TPSA) is 18.5 Å². The second-order valence-corrected chi connectivity index (χ2v) is 6.66. The summed E-state index contributed by atoms with van der Waals surface area (Å²) in [6.07, 6.45) is 5.60. The Hall–Kier alpha value is -0.120. The molecule has 0 aromatic carbocycles. The van der Waals surface area contributed by atoms with Crippen LogP contribution in [0.2, 0.25) is 0 Å². The van der Waals surface area contributed by atoms with Gasteiger partial charge in [-0.05, 0) is 57.3 Å². The van der Waals surface area contributed by atoms with Crippen molar-refractivity contribution < 1.29 is 0 Å². The molecular weight excluding hydrogens is 210 g/mol. The minimum absolute atomic E-state index is 0.535. The van der Waals surface area contributed by atoms with Crippen LogP contribution >= 0.6 is 0 Å². The van der Waals surface area contributed by atoms with E-state index in [1.165, 1.54) is 71.5 Å². The van der Waals surface area contributed by atoms with E-state index in [2.05, 4.69) is 22.0 Å². The number of hydrogen-bond donors (Lipinski definition) is 1. The van der Waals surface area contributed by atoms with Crippen molar-refractivity contribution in [2.75, 3.05) is 45.8 Å². The molecule has 0 spiro atoms. The van der Waals surface area contributed by atoms with Gasteiger partial charge in [0.05, 0.1) is 0 Å². The summed E-state index contributed by atoms with van der Waals surface area (Å²) in [5.41, 5.74) is 0.535. The zero-order chi connectivity index (χ0) is 11.7. The maximum atomic E-state index is 3.53. The summed E-state index contributed by atoms with van der Waals surface area (Å²) in [4.78, 5) is 5.48. The van der Waals surface area contributed by atoms with Crippen LogP contribution in [-0.2, 0) is 0 Å². The van der Waals surface area contributed by atoms with Gasteiger partial charge in [-0.2, -0.15) is 0 Å². The number of nitrogens with zero attached hydrogens (tertiary/aromatic N) is 2. The normalized spacial score (nSPS) is 40.4. The van der Waals surface area contributed by atoms with Gasteiger partial charge >= 0.3 is 0 Å². The molecule has 3 saturated heterocycles. The molecule has 0 saturated carbocycles.